The summed E-state index contributed by atoms with van der Waals surface area (Å²) in [7, 11) is 1.73. The monoisotopic (exact) mass is 271 g/mol. The van der Waals surface area contributed by atoms with Gasteiger partial charge in [-0.15, -0.1) is 0 Å². The van der Waals surface area contributed by atoms with E-state index >= 15 is 0 Å². The van der Waals surface area contributed by atoms with Crippen molar-refractivity contribution in [3.63, 3.8) is 0 Å². The number of methoxy groups -OCH3 is 1. The number of rotatable bonds is 7. The average Bonchev–Trinajstić information content (AvgIpc) is 2.46. The molecule has 2 aromatic rings. The number of hydrogen-bond acceptors (Lipinski definition) is 2. The molecule has 0 heterocycles. The van der Waals surface area contributed by atoms with Gasteiger partial charge >= 0.3 is 0 Å². The highest BCUT2D eigenvalue weighted by atomic mass is 16.5. The van der Waals surface area contributed by atoms with Gasteiger partial charge in [-0.05, 0) is 42.3 Å². The summed E-state index contributed by atoms with van der Waals surface area (Å²) in [4.78, 5) is 0. The second kappa shape index (κ2) is 7.30. The summed E-state index contributed by atoms with van der Waals surface area (Å²) in [5.74, 6) is 1.74. The van der Waals surface area contributed by atoms with Gasteiger partial charge in [0.15, 0.2) is 0 Å². The van der Waals surface area contributed by atoms with E-state index in [1.165, 1.54) is 29.2 Å². The van der Waals surface area contributed by atoms with E-state index in [4.69, 9.17) is 4.74 Å². The molecule has 0 aromatic heterocycles. The third-order valence-corrected chi connectivity index (χ3v) is 3.64. The number of hydrogen-bond donors (Lipinski definition) is 1. The van der Waals surface area contributed by atoms with Crippen LogP contribution in [0.25, 0.3) is 10.8 Å². The van der Waals surface area contributed by atoms with Crippen LogP contribution in [0.1, 0.15) is 32.3 Å². The second-order valence-corrected chi connectivity index (χ2v) is 5.69. The van der Waals surface area contributed by atoms with Crippen LogP contribution in [0.4, 0.5) is 0 Å². The molecule has 108 valence electrons. The first-order valence-electron chi connectivity index (χ1n) is 7.47. The maximum atomic E-state index is 5.43. The quantitative estimate of drug-likeness (QED) is 0.755. The van der Waals surface area contributed by atoms with Gasteiger partial charge in [0, 0.05) is 11.9 Å². The van der Waals surface area contributed by atoms with Crippen LogP contribution in [-0.4, -0.2) is 13.7 Å². The molecule has 2 rings (SSSR count). The fourth-order valence-corrected chi connectivity index (χ4v) is 2.52. The van der Waals surface area contributed by atoms with E-state index in [2.05, 4.69) is 55.6 Å². The molecule has 0 aliphatic carbocycles. The lowest BCUT2D eigenvalue weighted by Crippen LogP contribution is -2.15. The first-order valence-corrected chi connectivity index (χ1v) is 7.47. The lowest BCUT2D eigenvalue weighted by atomic mass is 10.0. The smallest absolute Gasteiger partial charge is 0.126 e. The van der Waals surface area contributed by atoms with Gasteiger partial charge in [-0.3, -0.25) is 0 Å². The van der Waals surface area contributed by atoms with Gasteiger partial charge in [-0.25, -0.2) is 0 Å². The van der Waals surface area contributed by atoms with Crippen LogP contribution < -0.4 is 10.1 Å². The number of nitrogens with one attached hydrogen (secondary N) is 1. The van der Waals surface area contributed by atoms with Crippen LogP contribution in [0.15, 0.2) is 36.4 Å². The van der Waals surface area contributed by atoms with E-state index in [1.54, 1.807) is 7.11 Å². The maximum Gasteiger partial charge on any atom is 0.126 e. The fourth-order valence-electron chi connectivity index (χ4n) is 2.52. The molecular weight excluding hydrogens is 246 g/mol. The van der Waals surface area contributed by atoms with E-state index in [9.17, 15) is 0 Å². The summed E-state index contributed by atoms with van der Waals surface area (Å²) in [5.41, 5.74) is 1.34. The van der Waals surface area contributed by atoms with Gasteiger partial charge in [-0.1, -0.05) is 44.2 Å². The average molecular weight is 271 g/mol. The zero-order valence-electron chi connectivity index (χ0n) is 12.8. The van der Waals surface area contributed by atoms with Crippen LogP contribution >= 0.6 is 0 Å². The molecule has 0 amide bonds. The van der Waals surface area contributed by atoms with E-state index in [-0.39, 0.29) is 0 Å². The molecule has 2 heteroatoms. The molecule has 2 nitrogen and oxygen atoms in total. The van der Waals surface area contributed by atoms with Crippen molar-refractivity contribution in [2.24, 2.45) is 5.92 Å². The maximum absolute atomic E-state index is 5.43. The third kappa shape index (κ3) is 3.73. The summed E-state index contributed by atoms with van der Waals surface area (Å²) in [6.07, 6.45) is 2.53. The van der Waals surface area contributed by atoms with Gasteiger partial charge in [0.25, 0.3) is 0 Å². The molecule has 0 aliphatic rings. The molecule has 0 aliphatic heterocycles. The predicted molar refractivity (Wildman–Crippen MR) is 86.3 cm³/mol. The van der Waals surface area contributed by atoms with Crippen molar-refractivity contribution in [3.8, 4) is 5.75 Å². The lowest BCUT2D eigenvalue weighted by Gasteiger charge is -2.11. The van der Waals surface area contributed by atoms with Crippen LogP contribution in [0.2, 0.25) is 0 Å². The van der Waals surface area contributed by atoms with Crippen LogP contribution in [-0.2, 0) is 6.54 Å². The summed E-state index contributed by atoms with van der Waals surface area (Å²) in [6, 6.07) is 12.7. The van der Waals surface area contributed by atoms with Crippen molar-refractivity contribution in [1.82, 2.24) is 5.32 Å². The van der Waals surface area contributed by atoms with E-state index in [0.717, 1.165) is 24.8 Å². The zero-order valence-corrected chi connectivity index (χ0v) is 12.8. The summed E-state index contributed by atoms with van der Waals surface area (Å²) >= 11 is 0. The minimum Gasteiger partial charge on any atom is -0.496 e. The standard InChI is InChI=1S/C18H25NO/c1-14(2)7-6-12-19-13-15-10-11-18(20-3)17-9-5-4-8-16(15)17/h4-5,8-11,14,19H,6-7,12-13H2,1-3H3. The molecule has 0 saturated carbocycles. The molecule has 0 radical (unpaired) electrons. The Morgan fingerprint density at radius 2 is 1.80 bits per heavy atom. The highest BCUT2D eigenvalue weighted by Crippen LogP contribution is 2.28. The predicted octanol–water partition coefficient (Wildman–Crippen LogP) is 4.37. The third-order valence-electron chi connectivity index (χ3n) is 3.64. The first-order chi connectivity index (χ1) is 9.72. The van der Waals surface area contributed by atoms with Gasteiger partial charge in [-0.2, -0.15) is 0 Å². The Hall–Kier alpha value is -1.54. The van der Waals surface area contributed by atoms with Gasteiger partial charge < -0.3 is 10.1 Å². The molecule has 0 unspecified atom stereocenters. The van der Waals surface area contributed by atoms with Crippen molar-refractivity contribution in [2.75, 3.05) is 13.7 Å². The molecule has 0 fully saturated rings. The molecule has 0 atom stereocenters. The summed E-state index contributed by atoms with van der Waals surface area (Å²) < 4.78 is 5.43. The van der Waals surface area contributed by atoms with Crippen molar-refractivity contribution < 1.29 is 4.74 Å². The number of benzene rings is 2. The fraction of sp³-hybridized carbons (Fsp3) is 0.444. The van der Waals surface area contributed by atoms with Crippen molar-refractivity contribution in [1.29, 1.82) is 0 Å². The highest BCUT2D eigenvalue weighted by molar-refractivity contribution is 5.91. The van der Waals surface area contributed by atoms with E-state index < -0.39 is 0 Å². The Balaban J connectivity index is 2.03. The Bertz CT molecular complexity index is 548. The lowest BCUT2D eigenvalue weighted by molar-refractivity contribution is 0.419. The normalized spacial score (nSPS) is 11.2. The topological polar surface area (TPSA) is 21.3 Å². The number of fused-ring (bicyclic) bond motifs is 1. The molecule has 20 heavy (non-hydrogen) atoms. The first kappa shape index (κ1) is 14.9. The van der Waals surface area contributed by atoms with Crippen molar-refractivity contribution in [2.45, 2.75) is 33.2 Å². The van der Waals surface area contributed by atoms with Crippen LogP contribution in [0.3, 0.4) is 0 Å². The van der Waals surface area contributed by atoms with Crippen LogP contribution in [0.5, 0.6) is 5.75 Å². The molecule has 2 aromatic carbocycles. The van der Waals surface area contributed by atoms with Crippen LogP contribution in [0, 0.1) is 5.92 Å². The zero-order chi connectivity index (χ0) is 14.4. The van der Waals surface area contributed by atoms with Crippen molar-refractivity contribution >= 4 is 10.8 Å². The molecule has 1 N–H and O–H groups in total. The van der Waals surface area contributed by atoms with Gasteiger partial charge in [0.2, 0.25) is 0 Å². The van der Waals surface area contributed by atoms with Crippen molar-refractivity contribution in [3.05, 3.63) is 42.0 Å². The molecule has 0 spiro atoms. The molecule has 0 bridgehead atoms. The van der Waals surface area contributed by atoms with E-state index in [1.807, 2.05) is 0 Å². The minimum absolute atomic E-state index is 0.790. The Labute approximate surface area is 122 Å². The SMILES string of the molecule is COc1ccc(CNCCCC(C)C)c2ccccc12. The Morgan fingerprint density at radius 1 is 1.05 bits per heavy atom. The Morgan fingerprint density at radius 3 is 2.50 bits per heavy atom. The molecule has 0 saturated heterocycles. The largest absolute Gasteiger partial charge is 0.496 e. The summed E-state index contributed by atoms with van der Waals surface area (Å²) in [5, 5.41) is 6.02. The van der Waals surface area contributed by atoms with E-state index in [0.29, 0.717) is 0 Å². The minimum atomic E-state index is 0.790. The molecular formula is C18H25NO. The Kier molecular flexibility index (Phi) is 5.42. The number of ether oxygens (including phenoxy) is 1. The van der Waals surface area contributed by atoms with Gasteiger partial charge in [0.05, 0.1) is 7.11 Å². The highest BCUT2D eigenvalue weighted by Gasteiger charge is 2.05. The second-order valence-electron chi connectivity index (χ2n) is 5.69. The summed E-state index contributed by atoms with van der Waals surface area (Å²) in [6.45, 7) is 6.55. The van der Waals surface area contributed by atoms with Gasteiger partial charge in [0.1, 0.15) is 5.75 Å².